The van der Waals surface area contributed by atoms with Crippen LogP contribution in [0.1, 0.15) is 0 Å². The Kier molecular flexibility index (Phi) is 1.94. The molecule has 0 aromatic carbocycles. The molecule has 3 heterocycles. The lowest BCUT2D eigenvalue weighted by Gasteiger charge is -2.01. The van der Waals surface area contributed by atoms with Crippen molar-refractivity contribution in [1.82, 2.24) is 19.6 Å². The maximum Gasteiger partial charge on any atom is 0.240 e. The molecule has 0 saturated carbocycles. The third kappa shape index (κ3) is 1.65. The van der Waals surface area contributed by atoms with Crippen LogP contribution in [0.5, 0.6) is 0 Å². The first-order chi connectivity index (χ1) is 8.22. The second-order valence-corrected chi connectivity index (χ2v) is 3.66. The minimum Gasteiger partial charge on any atom is -0.384 e. The fourth-order valence-corrected chi connectivity index (χ4v) is 1.65. The third-order valence-electron chi connectivity index (χ3n) is 2.47. The van der Waals surface area contributed by atoms with Crippen molar-refractivity contribution in [2.45, 2.75) is 0 Å². The lowest BCUT2D eigenvalue weighted by atomic mass is 10.1. The summed E-state index contributed by atoms with van der Waals surface area (Å²) in [7, 11) is 0. The number of aromatic nitrogens is 4. The largest absolute Gasteiger partial charge is 0.384 e. The zero-order chi connectivity index (χ0) is 11.8. The van der Waals surface area contributed by atoms with Crippen LogP contribution in [0, 0.1) is 0 Å². The average molecular weight is 226 g/mol. The minimum absolute atomic E-state index is 0.262. The molecule has 0 fully saturated rings. The Morgan fingerprint density at radius 2 is 1.82 bits per heavy atom. The number of pyridine rings is 2. The second-order valence-electron chi connectivity index (χ2n) is 3.66. The predicted molar refractivity (Wildman–Crippen MR) is 65.0 cm³/mol. The molecule has 0 spiro atoms. The number of rotatable bonds is 1. The van der Waals surface area contributed by atoms with E-state index in [9.17, 15) is 0 Å². The molecule has 17 heavy (non-hydrogen) atoms. The highest BCUT2D eigenvalue weighted by Crippen LogP contribution is 2.19. The summed E-state index contributed by atoms with van der Waals surface area (Å²) in [6.45, 7) is 0. The molecule has 0 saturated heterocycles. The van der Waals surface area contributed by atoms with Gasteiger partial charge in [0, 0.05) is 23.5 Å². The van der Waals surface area contributed by atoms with Crippen molar-refractivity contribution >= 4 is 17.4 Å². The van der Waals surface area contributed by atoms with E-state index in [1.807, 2.05) is 24.4 Å². The first kappa shape index (κ1) is 9.59. The zero-order valence-corrected chi connectivity index (χ0v) is 8.91. The summed E-state index contributed by atoms with van der Waals surface area (Å²) in [5.74, 6) is 0.761. The van der Waals surface area contributed by atoms with E-state index >= 15 is 0 Å². The topological polar surface area (TPSA) is 95.1 Å². The van der Waals surface area contributed by atoms with E-state index in [-0.39, 0.29) is 5.95 Å². The molecule has 0 atom stereocenters. The number of hydrogen-bond donors (Lipinski definition) is 2. The maximum atomic E-state index is 5.54. The van der Waals surface area contributed by atoms with Crippen LogP contribution in [0.4, 0.5) is 11.8 Å². The van der Waals surface area contributed by atoms with E-state index in [2.05, 4.69) is 15.1 Å². The summed E-state index contributed by atoms with van der Waals surface area (Å²) in [5, 5.41) is 4.06. The van der Waals surface area contributed by atoms with Crippen molar-refractivity contribution in [2.24, 2.45) is 0 Å². The van der Waals surface area contributed by atoms with Gasteiger partial charge in [0.15, 0.2) is 5.65 Å². The maximum absolute atomic E-state index is 5.54. The highest BCUT2D eigenvalue weighted by atomic mass is 15.3. The number of anilines is 2. The Morgan fingerprint density at radius 1 is 1.00 bits per heavy atom. The van der Waals surface area contributed by atoms with Gasteiger partial charge in [0.1, 0.15) is 5.82 Å². The van der Waals surface area contributed by atoms with Gasteiger partial charge in [-0.1, -0.05) is 0 Å². The second kappa shape index (κ2) is 3.44. The minimum atomic E-state index is 0.262. The molecule has 0 radical (unpaired) electrons. The van der Waals surface area contributed by atoms with Crippen LogP contribution >= 0.6 is 0 Å². The van der Waals surface area contributed by atoms with Crippen LogP contribution in [-0.2, 0) is 0 Å². The fraction of sp³-hybridized carbons (Fsp3) is 0. The third-order valence-corrected chi connectivity index (χ3v) is 2.47. The molecule has 0 aliphatic rings. The monoisotopic (exact) mass is 226 g/mol. The van der Waals surface area contributed by atoms with E-state index < -0.39 is 0 Å². The molecule has 3 rings (SSSR count). The van der Waals surface area contributed by atoms with Crippen LogP contribution in [-0.4, -0.2) is 19.6 Å². The van der Waals surface area contributed by atoms with Crippen molar-refractivity contribution in [3.8, 4) is 11.1 Å². The van der Waals surface area contributed by atoms with E-state index in [4.69, 9.17) is 11.5 Å². The lowest BCUT2D eigenvalue weighted by molar-refractivity contribution is 0.969. The molecule has 3 aromatic heterocycles. The van der Waals surface area contributed by atoms with Crippen LogP contribution in [0.3, 0.4) is 0 Å². The molecule has 0 amide bonds. The van der Waals surface area contributed by atoms with E-state index in [1.165, 1.54) is 0 Å². The Hall–Kier alpha value is -2.63. The number of nitrogen functional groups attached to an aromatic ring is 2. The summed E-state index contributed by atoms with van der Waals surface area (Å²) < 4.78 is 1.64. The van der Waals surface area contributed by atoms with E-state index in [0.29, 0.717) is 5.82 Å². The summed E-state index contributed by atoms with van der Waals surface area (Å²) in [6.07, 6.45) is 3.57. The molecular weight excluding hydrogens is 216 g/mol. The van der Waals surface area contributed by atoms with Crippen molar-refractivity contribution in [1.29, 1.82) is 0 Å². The van der Waals surface area contributed by atoms with Crippen LogP contribution in [0.15, 0.2) is 36.7 Å². The van der Waals surface area contributed by atoms with Crippen LogP contribution in [0.25, 0.3) is 16.8 Å². The molecule has 0 bridgehead atoms. The van der Waals surface area contributed by atoms with Crippen molar-refractivity contribution in [3.63, 3.8) is 0 Å². The van der Waals surface area contributed by atoms with Gasteiger partial charge in [0.25, 0.3) is 0 Å². The molecule has 0 aliphatic carbocycles. The summed E-state index contributed by atoms with van der Waals surface area (Å²) in [4.78, 5) is 8.10. The molecule has 3 aromatic rings. The zero-order valence-electron chi connectivity index (χ0n) is 8.91. The highest BCUT2D eigenvalue weighted by molar-refractivity contribution is 5.64. The summed E-state index contributed by atoms with van der Waals surface area (Å²) >= 11 is 0. The highest BCUT2D eigenvalue weighted by Gasteiger charge is 2.03. The molecule has 84 valence electrons. The number of fused-ring (bicyclic) bond motifs is 1. The smallest absolute Gasteiger partial charge is 0.240 e. The Labute approximate surface area is 96.9 Å². The van der Waals surface area contributed by atoms with Gasteiger partial charge in [0.2, 0.25) is 5.95 Å². The molecule has 4 N–H and O–H groups in total. The van der Waals surface area contributed by atoms with Gasteiger partial charge in [-0.3, -0.25) is 0 Å². The lowest BCUT2D eigenvalue weighted by Crippen LogP contribution is -1.92. The van der Waals surface area contributed by atoms with Crippen molar-refractivity contribution in [2.75, 3.05) is 11.5 Å². The molecular formula is C11H10N6. The predicted octanol–water partition coefficient (Wildman–Crippen LogP) is 0.956. The Balaban J connectivity index is 2.13. The standard InChI is InChI=1S/C11H10N6/c12-9-3-1-7(5-14-9)8-2-4-10-15-11(13)16-17(10)6-8/h1-6H,(H2,12,14)(H2,13,16). The van der Waals surface area contributed by atoms with Gasteiger partial charge in [-0.05, 0) is 24.3 Å². The van der Waals surface area contributed by atoms with Gasteiger partial charge >= 0.3 is 0 Å². The number of hydrogen-bond acceptors (Lipinski definition) is 5. The SMILES string of the molecule is Nc1ccc(-c2ccc3nc(N)nn3c2)cn1. The summed E-state index contributed by atoms with van der Waals surface area (Å²) in [5.41, 5.74) is 13.7. The number of nitrogens with two attached hydrogens (primary N) is 2. The summed E-state index contributed by atoms with van der Waals surface area (Å²) in [6, 6.07) is 7.46. The molecule has 0 aliphatic heterocycles. The van der Waals surface area contributed by atoms with Crippen molar-refractivity contribution < 1.29 is 0 Å². The van der Waals surface area contributed by atoms with E-state index in [0.717, 1.165) is 16.8 Å². The number of nitrogens with zero attached hydrogens (tertiary/aromatic N) is 4. The van der Waals surface area contributed by atoms with E-state index in [1.54, 1.807) is 16.8 Å². The Bertz CT molecular complexity index is 670. The normalized spacial score (nSPS) is 10.8. The van der Waals surface area contributed by atoms with Gasteiger partial charge < -0.3 is 11.5 Å². The Morgan fingerprint density at radius 3 is 2.59 bits per heavy atom. The van der Waals surface area contributed by atoms with Gasteiger partial charge in [-0.2, -0.15) is 4.98 Å². The fourth-order valence-electron chi connectivity index (χ4n) is 1.65. The van der Waals surface area contributed by atoms with Crippen LogP contribution < -0.4 is 11.5 Å². The van der Waals surface area contributed by atoms with Gasteiger partial charge in [-0.25, -0.2) is 9.50 Å². The van der Waals surface area contributed by atoms with Crippen molar-refractivity contribution in [3.05, 3.63) is 36.7 Å². The quantitative estimate of drug-likeness (QED) is 0.644. The first-order valence-corrected chi connectivity index (χ1v) is 5.06. The molecule has 0 unspecified atom stereocenters. The first-order valence-electron chi connectivity index (χ1n) is 5.06. The molecule has 6 nitrogen and oxygen atoms in total. The van der Waals surface area contributed by atoms with Crippen LogP contribution in [0.2, 0.25) is 0 Å². The molecule has 6 heteroatoms. The average Bonchev–Trinajstić information content (AvgIpc) is 2.69. The van der Waals surface area contributed by atoms with Gasteiger partial charge in [0.05, 0.1) is 0 Å². The van der Waals surface area contributed by atoms with Gasteiger partial charge in [-0.15, -0.1) is 5.10 Å².